The lowest BCUT2D eigenvalue weighted by Gasteiger charge is -2.23. The standard InChI is InChI=1S/C9H17N3O/c1-8-4-5-9(13)12(10-8)7-6-11(2)3/h4-7H2,1-3H3. The molecule has 0 unspecified atom stereocenters. The van der Waals surface area contributed by atoms with Gasteiger partial charge in [0.1, 0.15) is 0 Å². The highest BCUT2D eigenvalue weighted by Gasteiger charge is 2.17. The molecule has 1 amide bonds. The average Bonchev–Trinajstić information content (AvgIpc) is 2.06. The molecular weight excluding hydrogens is 166 g/mol. The van der Waals surface area contributed by atoms with Gasteiger partial charge >= 0.3 is 0 Å². The number of carbonyl (C=O) groups excluding carboxylic acids is 1. The fourth-order valence-electron chi connectivity index (χ4n) is 1.20. The van der Waals surface area contributed by atoms with Gasteiger partial charge in [0.15, 0.2) is 0 Å². The van der Waals surface area contributed by atoms with Crippen molar-refractivity contribution in [1.82, 2.24) is 9.91 Å². The molecule has 1 heterocycles. The van der Waals surface area contributed by atoms with Gasteiger partial charge in [-0.05, 0) is 27.4 Å². The number of rotatable bonds is 3. The fourth-order valence-corrected chi connectivity index (χ4v) is 1.20. The Hall–Kier alpha value is -0.900. The zero-order valence-electron chi connectivity index (χ0n) is 8.58. The van der Waals surface area contributed by atoms with E-state index in [1.54, 1.807) is 5.01 Å². The Morgan fingerprint density at radius 2 is 2.15 bits per heavy atom. The molecule has 0 atom stereocenters. The minimum atomic E-state index is 0.146. The summed E-state index contributed by atoms with van der Waals surface area (Å²) in [5.41, 5.74) is 1.05. The number of amides is 1. The minimum Gasteiger partial charge on any atom is -0.308 e. The molecule has 0 saturated heterocycles. The Bertz CT molecular complexity index is 223. The van der Waals surface area contributed by atoms with E-state index < -0.39 is 0 Å². The summed E-state index contributed by atoms with van der Waals surface area (Å²) >= 11 is 0. The van der Waals surface area contributed by atoms with Crippen LogP contribution in [0.4, 0.5) is 0 Å². The summed E-state index contributed by atoms with van der Waals surface area (Å²) in [7, 11) is 3.98. The topological polar surface area (TPSA) is 35.9 Å². The highest BCUT2D eigenvalue weighted by Crippen LogP contribution is 2.07. The first-order valence-corrected chi connectivity index (χ1v) is 4.59. The van der Waals surface area contributed by atoms with Gasteiger partial charge in [0.25, 0.3) is 0 Å². The van der Waals surface area contributed by atoms with Gasteiger partial charge in [-0.2, -0.15) is 5.10 Å². The molecule has 74 valence electrons. The van der Waals surface area contributed by atoms with Crippen LogP contribution >= 0.6 is 0 Å². The maximum absolute atomic E-state index is 11.4. The number of hydrazone groups is 1. The van der Waals surface area contributed by atoms with Crippen molar-refractivity contribution in [2.24, 2.45) is 5.10 Å². The number of carbonyl (C=O) groups is 1. The molecule has 1 aliphatic rings. The van der Waals surface area contributed by atoms with Gasteiger partial charge < -0.3 is 4.90 Å². The van der Waals surface area contributed by atoms with Crippen LogP contribution in [0.1, 0.15) is 19.8 Å². The first-order valence-electron chi connectivity index (χ1n) is 4.59. The maximum Gasteiger partial charge on any atom is 0.243 e. The number of hydrogen-bond donors (Lipinski definition) is 0. The predicted molar refractivity (Wildman–Crippen MR) is 52.6 cm³/mol. The van der Waals surface area contributed by atoms with Gasteiger partial charge in [-0.15, -0.1) is 0 Å². The highest BCUT2D eigenvalue weighted by atomic mass is 16.2. The third-order valence-electron chi connectivity index (χ3n) is 2.04. The van der Waals surface area contributed by atoms with Crippen LogP contribution in [0.25, 0.3) is 0 Å². The second kappa shape index (κ2) is 4.37. The normalized spacial score (nSPS) is 18.0. The minimum absolute atomic E-state index is 0.146. The molecule has 0 aromatic heterocycles. The van der Waals surface area contributed by atoms with Crippen molar-refractivity contribution in [2.75, 3.05) is 27.2 Å². The van der Waals surface area contributed by atoms with Crippen LogP contribution in [0.3, 0.4) is 0 Å². The molecule has 13 heavy (non-hydrogen) atoms. The summed E-state index contributed by atoms with van der Waals surface area (Å²) in [6.07, 6.45) is 1.43. The third-order valence-corrected chi connectivity index (χ3v) is 2.04. The van der Waals surface area contributed by atoms with Crippen molar-refractivity contribution in [3.05, 3.63) is 0 Å². The molecule has 0 bridgehead atoms. The van der Waals surface area contributed by atoms with Gasteiger partial charge in [-0.3, -0.25) is 4.79 Å². The SMILES string of the molecule is CC1=NN(CCN(C)C)C(=O)CC1. The molecule has 0 aromatic carbocycles. The molecule has 0 radical (unpaired) electrons. The second-order valence-corrected chi connectivity index (χ2v) is 3.66. The third kappa shape index (κ3) is 3.14. The first kappa shape index (κ1) is 10.2. The fraction of sp³-hybridized carbons (Fsp3) is 0.778. The molecule has 0 saturated carbocycles. The number of likely N-dealkylation sites (N-methyl/N-ethyl adjacent to an activating group) is 1. The van der Waals surface area contributed by atoms with E-state index in [4.69, 9.17) is 0 Å². The van der Waals surface area contributed by atoms with Crippen molar-refractivity contribution in [3.63, 3.8) is 0 Å². The zero-order valence-corrected chi connectivity index (χ0v) is 8.58. The van der Waals surface area contributed by atoms with Crippen LogP contribution in [0.2, 0.25) is 0 Å². The van der Waals surface area contributed by atoms with E-state index in [0.717, 1.165) is 18.7 Å². The van der Waals surface area contributed by atoms with Gasteiger partial charge in [0, 0.05) is 18.7 Å². The highest BCUT2D eigenvalue weighted by molar-refractivity contribution is 5.91. The van der Waals surface area contributed by atoms with Crippen LogP contribution in [-0.4, -0.2) is 48.7 Å². The van der Waals surface area contributed by atoms with Crippen LogP contribution in [0.5, 0.6) is 0 Å². The molecule has 0 N–H and O–H groups in total. The molecule has 0 aromatic rings. The molecule has 0 fully saturated rings. The van der Waals surface area contributed by atoms with E-state index in [2.05, 4.69) is 5.10 Å². The first-order chi connectivity index (χ1) is 6.09. The lowest BCUT2D eigenvalue weighted by atomic mass is 10.2. The summed E-state index contributed by atoms with van der Waals surface area (Å²) in [5, 5.41) is 5.79. The van der Waals surface area contributed by atoms with Gasteiger partial charge in [-0.1, -0.05) is 0 Å². The van der Waals surface area contributed by atoms with Crippen molar-refractivity contribution in [3.8, 4) is 0 Å². The summed E-state index contributed by atoms with van der Waals surface area (Å²) in [4.78, 5) is 13.4. The van der Waals surface area contributed by atoms with Gasteiger partial charge in [0.05, 0.1) is 6.54 Å². The van der Waals surface area contributed by atoms with Crippen LogP contribution in [0.15, 0.2) is 5.10 Å². The van der Waals surface area contributed by atoms with E-state index >= 15 is 0 Å². The smallest absolute Gasteiger partial charge is 0.243 e. The zero-order chi connectivity index (χ0) is 9.84. The Morgan fingerprint density at radius 1 is 1.46 bits per heavy atom. The molecule has 1 aliphatic heterocycles. The van der Waals surface area contributed by atoms with Crippen LogP contribution in [-0.2, 0) is 4.79 Å². The van der Waals surface area contributed by atoms with Crippen molar-refractivity contribution < 1.29 is 4.79 Å². The predicted octanol–water partition coefficient (Wildman–Crippen LogP) is 0.546. The Kier molecular flexibility index (Phi) is 3.42. The molecular formula is C9H17N3O. The van der Waals surface area contributed by atoms with Crippen molar-refractivity contribution in [1.29, 1.82) is 0 Å². The van der Waals surface area contributed by atoms with Crippen molar-refractivity contribution >= 4 is 11.6 Å². The quantitative estimate of drug-likeness (QED) is 0.640. The largest absolute Gasteiger partial charge is 0.308 e. The molecule has 0 spiro atoms. The Labute approximate surface area is 79.2 Å². The monoisotopic (exact) mass is 183 g/mol. The van der Waals surface area contributed by atoms with Gasteiger partial charge in [0.2, 0.25) is 5.91 Å². The van der Waals surface area contributed by atoms with E-state index in [1.165, 1.54) is 0 Å². The van der Waals surface area contributed by atoms with Crippen LogP contribution in [0, 0.1) is 0 Å². The van der Waals surface area contributed by atoms with Crippen molar-refractivity contribution in [2.45, 2.75) is 19.8 Å². The molecule has 4 heteroatoms. The average molecular weight is 183 g/mol. The van der Waals surface area contributed by atoms with E-state index in [0.29, 0.717) is 13.0 Å². The molecule has 4 nitrogen and oxygen atoms in total. The maximum atomic E-state index is 11.4. The summed E-state index contributed by atoms with van der Waals surface area (Å²) in [6, 6.07) is 0. The second-order valence-electron chi connectivity index (χ2n) is 3.66. The summed E-state index contributed by atoms with van der Waals surface area (Å²) in [5.74, 6) is 0.146. The molecule has 0 aliphatic carbocycles. The lowest BCUT2D eigenvalue weighted by Crippen LogP contribution is -2.36. The van der Waals surface area contributed by atoms with Crippen LogP contribution < -0.4 is 0 Å². The Balaban J connectivity index is 2.47. The summed E-state index contributed by atoms with van der Waals surface area (Å²) in [6.45, 7) is 3.53. The Morgan fingerprint density at radius 3 is 2.77 bits per heavy atom. The van der Waals surface area contributed by atoms with E-state index in [9.17, 15) is 4.79 Å². The van der Waals surface area contributed by atoms with Gasteiger partial charge in [-0.25, -0.2) is 5.01 Å². The number of hydrogen-bond acceptors (Lipinski definition) is 3. The summed E-state index contributed by atoms with van der Waals surface area (Å²) < 4.78 is 0. The molecule has 1 rings (SSSR count). The number of nitrogens with zero attached hydrogens (tertiary/aromatic N) is 3. The van der Waals surface area contributed by atoms with E-state index in [1.807, 2.05) is 25.9 Å². The van der Waals surface area contributed by atoms with E-state index in [-0.39, 0.29) is 5.91 Å². The lowest BCUT2D eigenvalue weighted by molar-refractivity contribution is -0.131.